The van der Waals surface area contributed by atoms with Crippen molar-refractivity contribution in [2.45, 2.75) is 32.1 Å². The van der Waals surface area contributed by atoms with Crippen LogP contribution in [0.3, 0.4) is 0 Å². The van der Waals surface area contributed by atoms with Crippen LogP contribution < -0.4 is 4.74 Å². The van der Waals surface area contributed by atoms with Crippen LogP contribution >= 0.6 is 0 Å². The summed E-state index contributed by atoms with van der Waals surface area (Å²) in [6.45, 7) is 0.813. The van der Waals surface area contributed by atoms with Gasteiger partial charge in [-0.25, -0.2) is 0 Å². The Labute approximate surface area is 132 Å². The third-order valence-electron chi connectivity index (χ3n) is 4.46. The SMILES string of the molecule is O=[C]c1ccc(-c2ccc(OCCC3CCCC3)cc2)cc1. The summed E-state index contributed by atoms with van der Waals surface area (Å²) in [5.74, 6) is 1.80. The highest BCUT2D eigenvalue weighted by Crippen LogP contribution is 2.28. The highest BCUT2D eigenvalue weighted by atomic mass is 16.5. The molecule has 0 atom stereocenters. The minimum Gasteiger partial charge on any atom is -0.494 e. The molecule has 0 bridgehead atoms. The maximum absolute atomic E-state index is 10.6. The van der Waals surface area contributed by atoms with Gasteiger partial charge >= 0.3 is 0 Å². The van der Waals surface area contributed by atoms with E-state index in [1.807, 2.05) is 30.6 Å². The number of hydrogen-bond donors (Lipinski definition) is 0. The molecule has 2 aromatic rings. The first-order chi connectivity index (χ1) is 10.8. The van der Waals surface area contributed by atoms with E-state index in [9.17, 15) is 4.79 Å². The van der Waals surface area contributed by atoms with Crippen molar-refractivity contribution in [2.24, 2.45) is 5.92 Å². The fourth-order valence-corrected chi connectivity index (χ4v) is 3.12. The summed E-state index contributed by atoms with van der Waals surface area (Å²) >= 11 is 0. The Kier molecular flexibility index (Phi) is 4.89. The van der Waals surface area contributed by atoms with Crippen LogP contribution in [0.5, 0.6) is 5.75 Å². The molecule has 2 aromatic carbocycles. The largest absolute Gasteiger partial charge is 0.494 e. The predicted octanol–water partition coefficient (Wildman–Crippen LogP) is 4.77. The standard InChI is InChI=1S/C20H21O2/c21-15-17-5-7-18(8-6-17)19-9-11-20(12-10-19)22-14-13-16-3-1-2-4-16/h5-12,16H,1-4,13-14H2. The van der Waals surface area contributed by atoms with E-state index in [0.29, 0.717) is 5.56 Å². The lowest BCUT2D eigenvalue weighted by molar-refractivity contribution is 0.279. The first-order valence-corrected chi connectivity index (χ1v) is 8.06. The van der Waals surface area contributed by atoms with E-state index in [4.69, 9.17) is 4.74 Å². The summed E-state index contributed by atoms with van der Waals surface area (Å²) in [7, 11) is 0. The molecule has 0 amide bonds. The van der Waals surface area contributed by atoms with Gasteiger partial charge in [0.15, 0.2) is 0 Å². The topological polar surface area (TPSA) is 26.3 Å². The van der Waals surface area contributed by atoms with Gasteiger partial charge in [0.1, 0.15) is 5.75 Å². The fraction of sp³-hybridized carbons (Fsp3) is 0.350. The van der Waals surface area contributed by atoms with Gasteiger partial charge in [-0.3, -0.25) is 4.79 Å². The summed E-state index contributed by atoms with van der Waals surface area (Å²) in [5.41, 5.74) is 2.80. The van der Waals surface area contributed by atoms with E-state index in [1.165, 1.54) is 32.1 Å². The normalized spacial score (nSPS) is 14.9. The van der Waals surface area contributed by atoms with Gasteiger partial charge in [0.25, 0.3) is 0 Å². The van der Waals surface area contributed by atoms with Crippen molar-refractivity contribution in [3.05, 3.63) is 54.1 Å². The van der Waals surface area contributed by atoms with Crippen molar-refractivity contribution in [1.29, 1.82) is 0 Å². The van der Waals surface area contributed by atoms with E-state index in [1.54, 1.807) is 12.1 Å². The lowest BCUT2D eigenvalue weighted by Crippen LogP contribution is -2.03. The molecule has 22 heavy (non-hydrogen) atoms. The molecule has 0 saturated heterocycles. The third kappa shape index (κ3) is 3.76. The quantitative estimate of drug-likeness (QED) is 0.766. The lowest BCUT2D eigenvalue weighted by atomic mass is 10.0. The maximum Gasteiger partial charge on any atom is 0.233 e. The zero-order valence-corrected chi connectivity index (χ0v) is 12.8. The van der Waals surface area contributed by atoms with Gasteiger partial charge in [0.05, 0.1) is 6.61 Å². The third-order valence-corrected chi connectivity index (χ3v) is 4.46. The van der Waals surface area contributed by atoms with Crippen molar-refractivity contribution in [3.63, 3.8) is 0 Å². The minimum atomic E-state index is 0.579. The Balaban J connectivity index is 1.55. The Morgan fingerprint density at radius 2 is 1.50 bits per heavy atom. The fourth-order valence-electron chi connectivity index (χ4n) is 3.12. The molecule has 113 valence electrons. The van der Waals surface area contributed by atoms with E-state index < -0.39 is 0 Å². The number of rotatable bonds is 6. The first kappa shape index (κ1) is 14.8. The Hall–Kier alpha value is -2.09. The second-order valence-corrected chi connectivity index (χ2v) is 5.99. The van der Waals surface area contributed by atoms with Crippen molar-refractivity contribution >= 4 is 6.29 Å². The predicted molar refractivity (Wildman–Crippen MR) is 88.7 cm³/mol. The zero-order valence-electron chi connectivity index (χ0n) is 12.8. The number of hydrogen-bond acceptors (Lipinski definition) is 2. The van der Waals surface area contributed by atoms with Gasteiger partial charge < -0.3 is 4.74 Å². The lowest BCUT2D eigenvalue weighted by Gasteiger charge is -2.11. The Morgan fingerprint density at radius 3 is 2.09 bits per heavy atom. The van der Waals surface area contributed by atoms with Crippen molar-refractivity contribution in [1.82, 2.24) is 0 Å². The molecule has 0 unspecified atom stereocenters. The monoisotopic (exact) mass is 293 g/mol. The van der Waals surface area contributed by atoms with Crippen molar-refractivity contribution in [3.8, 4) is 16.9 Å². The number of carbonyl (C=O) groups excluding carboxylic acids is 1. The number of ether oxygens (including phenoxy) is 1. The average molecular weight is 293 g/mol. The van der Waals surface area contributed by atoms with Crippen molar-refractivity contribution in [2.75, 3.05) is 6.61 Å². The van der Waals surface area contributed by atoms with Gasteiger partial charge in [-0.15, -0.1) is 0 Å². The molecule has 0 aliphatic heterocycles. The highest BCUT2D eigenvalue weighted by Gasteiger charge is 2.14. The van der Waals surface area contributed by atoms with Gasteiger partial charge in [0, 0.05) is 5.56 Å². The summed E-state index contributed by atoms with van der Waals surface area (Å²) in [5, 5.41) is 0. The highest BCUT2D eigenvalue weighted by molar-refractivity contribution is 5.77. The molecule has 1 radical (unpaired) electrons. The average Bonchev–Trinajstić information content (AvgIpc) is 3.09. The van der Waals surface area contributed by atoms with Crippen molar-refractivity contribution < 1.29 is 9.53 Å². The van der Waals surface area contributed by atoms with Crippen LogP contribution in [0.2, 0.25) is 0 Å². The molecule has 2 nitrogen and oxygen atoms in total. The Bertz CT molecular complexity index is 593. The molecule has 0 heterocycles. The second-order valence-electron chi connectivity index (χ2n) is 5.99. The molecule has 1 saturated carbocycles. The van der Waals surface area contributed by atoms with Crippen LogP contribution in [0.1, 0.15) is 37.7 Å². The molecule has 2 heteroatoms. The Morgan fingerprint density at radius 1 is 0.909 bits per heavy atom. The zero-order chi connectivity index (χ0) is 15.2. The summed E-state index contributed by atoms with van der Waals surface area (Å²) in [6, 6.07) is 15.6. The number of benzene rings is 2. The van der Waals surface area contributed by atoms with E-state index in [0.717, 1.165) is 29.4 Å². The summed E-state index contributed by atoms with van der Waals surface area (Å²) < 4.78 is 5.84. The first-order valence-electron chi connectivity index (χ1n) is 8.06. The van der Waals surface area contributed by atoms with Gasteiger partial charge in [-0.05, 0) is 35.6 Å². The van der Waals surface area contributed by atoms with Crippen LogP contribution in [0.25, 0.3) is 11.1 Å². The van der Waals surface area contributed by atoms with Gasteiger partial charge in [0.2, 0.25) is 6.29 Å². The molecular formula is C20H21O2. The molecule has 1 aliphatic rings. The van der Waals surface area contributed by atoms with E-state index >= 15 is 0 Å². The molecule has 0 aromatic heterocycles. The molecule has 0 N–H and O–H groups in total. The maximum atomic E-state index is 10.6. The van der Waals surface area contributed by atoms with E-state index in [2.05, 4.69) is 12.1 Å². The van der Waals surface area contributed by atoms with Gasteiger partial charge in [-0.2, -0.15) is 0 Å². The molecule has 3 rings (SSSR count). The minimum absolute atomic E-state index is 0.579. The molecule has 1 fully saturated rings. The van der Waals surface area contributed by atoms with Crippen LogP contribution in [-0.2, 0) is 4.79 Å². The summed E-state index contributed by atoms with van der Waals surface area (Å²) in [4.78, 5) is 10.6. The molecule has 0 spiro atoms. The van der Waals surface area contributed by atoms with Crippen LogP contribution in [0.15, 0.2) is 48.5 Å². The summed E-state index contributed by atoms with van der Waals surface area (Å²) in [6.07, 6.45) is 8.58. The van der Waals surface area contributed by atoms with Crippen LogP contribution in [0, 0.1) is 5.92 Å². The van der Waals surface area contributed by atoms with E-state index in [-0.39, 0.29) is 0 Å². The van der Waals surface area contributed by atoms with Crippen LogP contribution in [-0.4, -0.2) is 12.9 Å². The molecule has 1 aliphatic carbocycles. The van der Waals surface area contributed by atoms with Crippen LogP contribution in [0.4, 0.5) is 0 Å². The molecular weight excluding hydrogens is 272 g/mol. The van der Waals surface area contributed by atoms with Gasteiger partial charge in [-0.1, -0.05) is 62.1 Å². The smallest absolute Gasteiger partial charge is 0.233 e. The second kappa shape index (κ2) is 7.26.